The predicted molar refractivity (Wildman–Crippen MR) is 115 cm³/mol. The highest BCUT2D eigenvalue weighted by Crippen LogP contribution is 2.50. The summed E-state index contributed by atoms with van der Waals surface area (Å²) >= 11 is 3.51. The number of benzene rings is 2. The standard InChI is InChI=1S/C23H24BrNO3/c1-6-13-23(17-10-8-7-9-15(17)2)18-14-16(24)11-12-19(18)25(20(23)26)21(27)28-22(3,4)5/h6-12,14H,1,13H2,2-5H3. The van der Waals surface area contributed by atoms with Gasteiger partial charge in [-0.05, 0) is 69.0 Å². The Morgan fingerprint density at radius 2 is 1.89 bits per heavy atom. The Labute approximate surface area is 174 Å². The van der Waals surface area contributed by atoms with Gasteiger partial charge in [-0.2, -0.15) is 0 Å². The number of carbonyl (C=O) groups is 2. The lowest BCUT2D eigenvalue weighted by molar-refractivity contribution is -0.121. The largest absolute Gasteiger partial charge is 0.443 e. The van der Waals surface area contributed by atoms with Gasteiger partial charge in [0, 0.05) is 4.47 Å². The van der Waals surface area contributed by atoms with E-state index < -0.39 is 17.1 Å². The first kappa shape index (κ1) is 20.3. The van der Waals surface area contributed by atoms with Crippen molar-refractivity contribution in [3.63, 3.8) is 0 Å². The molecule has 1 aliphatic heterocycles. The van der Waals surface area contributed by atoms with Crippen molar-refractivity contribution in [2.45, 2.75) is 45.1 Å². The van der Waals surface area contributed by atoms with Gasteiger partial charge >= 0.3 is 6.09 Å². The number of carbonyl (C=O) groups excluding carboxylic acids is 2. The van der Waals surface area contributed by atoms with E-state index in [-0.39, 0.29) is 5.91 Å². The Kier molecular flexibility index (Phi) is 5.24. The second kappa shape index (κ2) is 7.21. The van der Waals surface area contributed by atoms with Crippen LogP contribution in [-0.2, 0) is 14.9 Å². The van der Waals surface area contributed by atoms with Gasteiger partial charge in [0.1, 0.15) is 11.0 Å². The van der Waals surface area contributed by atoms with Gasteiger partial charge in [0.15, 0.2) is 0 Å². The van der Waals surface area contributed by atoms with Gasteiger partial charge in [0.25, 0.3) is 5.91 Å². The zero-order valence-electron chi connectivity index (χ0n) is 16.6. The number of halogens is 1. The van der Waals surface area contributed by atoms with E-state index in [9.17, 15) is 9.59 Å². The molecule has 2 amide bonds. The van der Waals surface area contributed by atoms with Crippen LogP contribution < -0.4 is 4.90 Å². The third kappa shape index (κ3) is 3.28. The van der Waals surface area contributed by atoms with Crippen molar-refractivity contribution in [2.24, 2.45) is 0 Å². The summed E-state index contributed by atoms with van der Waals surface area (Å²) in [5, 5.41) is 0. The molecule has 2 aromatic rings. The number of rotatable bonds is 3. The molecule has 0 fully saturated rings. The van der Waals surface area contributed by atoms with Gasteiger partial charge in [0.05, 0.1) is 5.69 Å². The van der Waals surface area contributed by atoms with Crippen LogP contribution in [0.25, 0.3) is 0 Å². The molecule has 0 saturated carbocycles. The molecular formula is C23H24BrNO3. The van der Waals surface area contributed by atoms with Crippen LogP contribution in [0.3, 0.4) is 0 Å². The number of ether oxygens (including phenoxy) is 1. The van der Waals surface area contributed by atoms with Crippen LogP contribution in [0.15, 0.2) is 59.6 Å². The topological polar surface area (TPSA) is 46.6 Å². The number of hydrogen-bond donors (Lipinski definition) is 0. The van der Waals surface area contributed by atoms with E-state index >= 15 is 0 Å². The SMILES string of the molecule is C=CCC1(c2ccccc2C)C(=O)N(C(=O)OC(C)(C)C)c2ccc(Br)cc21. The molecule has 0 radical (unpaired) electrons. The highest BCUT2D eigenvalue weighted by molar-refractivity contribution is 9.10. The molecule has 5 heteroatoms. The zero-order chi connectivity index (χ0) is 20.7. The van der Waals surface area contributed by atoms with Crippen molar-refractivity contribution in [1.29, 1.82) is 0 Å². The van der Waals surface area contributed by atoms with Crippen LogP contribution >= 0.6 is 15.9 Å². The second-order valence-electron chi connectivity index (χ2n) is 8.00. The van der Waals surface area contributed by atoms with E-state index in [0.717, 1.165) is 21.2 Å². The maximum absolute atomic E-state index is 13.8. The average Bonchev–Trinajstić information content (AvgIpc) is 2.83. The van der Waals surface area contributed by atoms with E-state index in [1.54, 1.807) is 32.9 Å². The number of hydrogen-bond acceptors (Lipinski definition) is 3. The third-order valence-electron chi connectivity index (χ3n) is 4.86. The fourth-order valence-electron chi connectivity index (χ4n) is 3.79. The molecule has 0 aromatic heterocycles. The first-order valence-corrected chi connectivity index (χ1v) is 9.95. The Hall–Kier alpha value is -2.40. The van der Waals surface area contributed by atoms with Crippen molar-refractivity contribution in [3.05, 3.63) is 76.3 Å². The maximum Gasteiger partial charge on any atom is 0.421 e. The predicted octanol–water partition coefficient (Wildman–Crippen LogP) is 5.90. The highest BCUT2D eigenvalue weighted by atomic mass is 79.9. The van der Waals surface area contributed by atoms with E-state index in [4.69, 9.17) is 4.74 Å². The quantitative estimate of drug-likeness (QED) is 0.556. The first-order valence-electron chi connectivity index (χ1n) is 9.16. The molecular weight excluding hydrogens is 418 g/mol. The number of aryl methyl sites for hydroxylation is 1. The van der Waals surface area contributed by atoms with E-state index in [1.807, 2.05) is 43.3 Å². The number of anilines is 1. The van der Waals surface area contributed by atoms with Crippen LogP contribution in [0.1, 0.15) is 43.9 Å². The molecule has 2 aromatic carbocycles. The van der Waals surface area contributed by atoms with Crippen molar-refractivity contribution >= 4 is 33.6 Å². The summed E-state index contributed by atoms with van der Waals surface area (Å²) in [7, 11) is 0. The monoisotopic (exact) mass is 441 g/mol. The Balaban J connectivity index is 2.29. The molecule has 0 aliphatic carbocycles. The smallest absolute Gasteiger partial charge is 0.421 e. The number of allylic oxidation sites excluding steroid dienone is 1. The van der Waals surface area contributed by atoms with E-state index in [2.05, 4.69) is 22.5 Å². The van der Waals surface area contributed by atoms with Gasteiger partial charge in [0.2, 0.25) is 0 Å². The summed E-state index contributed by atoms with van der Waals surface area (Å²) in [5.41, 5.74) is 1.43. The van der Waals surface area contributed by atoms with Crippen LogP contribution in [0.2, 0.25) is 0 Å². The molecule has 28 heavy (non-hydrogen) atoms. The van der Waals surface area contributed by atoms with E-state index in [0.29, 0.717) is 12.1 Å². The van der Waals surface area contributed by atoms with E-state index in [1.165, 1.54) is 4.90 Å². The Bertz CT molecular complexity index is 961. The molecule has 0 bridgehead atoms. The minimum Gasteiger partial charge on any atom is -0.443 e. The lowest BCUT2D eigenvalue weighted by atomic mass is 9.71. The third-order valence-corrected chi connectivity index (χ3v) is 5.35. The molecule has 146 valence electrons. The molecule has 3 rings (SSSR count). The normalized spacial score (nSPS) is 18.8. The van der Waals surface area contributed by atoms with Gasteiger partial charge < -0.3 is 4.74 Å². The summed E-state index contributed by atoms with van der Waals surface area (Å²) in [6.45, 7) is 11.2. The van der Waals surface area contributed by atoms with Gasteiger partial charge in [-0.1, -0.05) is 46.3 Å². The zero-order valence-corrected chi connectivity index (χ0v) is 18.2. The summed E-state index contributed by atoms with van der Waals surface area (Å²) in [5.74, 6) is -0.316. The Morgan fingerprint density at radius 1 is 1.21 bits per heavy atom. The van der Waals surface area contributed by atoms with Gasteiger partial charge in [-0.25, -0.2) is 9.69 Å². The minimum atomic E-state index is -1.02. The highest BCUT2D eigenvalue weighted by Gasteiger charge is 2.54. The molecule has 1 heterocycles. The van der Waals surface area contributed by atoms with Gasteiger partial charge in [-0.3, -0.25) is 4.79 Å². The van der Waals surface area contributed by atoms with Crippen LogP contribution in [-0.4, -0.2) is 17.6 Å². The lowest BCUT2D eigenvalue weighted by Gasteiger charge is -2.30. The van der Waals surface area contributed by atoms with Crippen LogP contribution in [0.4, 0.5) is 10.5 Å². The molecule has 1 atom stereocenters. The lowest BCUT2D eigenvalue weighted by Crippen LogP contribution is -2.46. The maximum atomic E-state index is 13.8. The molecule has 0 saturated heterocycles. The average molecular weight is 442 g/mol. The summed E-state index contributed by atoms with van der Waals surface area (Å²) in [4.78, 5) is 28.0. The van der Waals surface area contributed by atoms with Crippen molar-refractivity contribution in [1.82, 2.24) is 0 Å². The summed E-state index contributed by atoms with van der Waals surface area (Å²) < 4.78 is 6.39. The first-order chi connectivity index (χ1) is 13.1. The van der Waals surface area contributed by atoms with Crippen molar-refractivity contribution < 1.29 is 14.3 Å². The molecule has 4 nitrogen and oxygen atoms in total. The number of amides is 2. The molecule has 1 aliphatic rings. The summed E-state index contributed by atoms with van der Waals surface area (Å²) in [6.07, 6.45) is 1.44. The summed E-state index contributed by atoms with van der Waals surface area (Å²) in [6, 6.07) is 13.3. The van der Waals surface area contributed by atoms with Crippen LogP contribution in [0, 0.1) is 6.92 Å². The number of imide groups is 1. The van der Waals surface area contributed by atoms with Gasteiger partial charge in [-0.15, -0.1) is 6.58 Å². The minimum absolute atomic E-state index is 0.316. The van der Waals surface area contributed by atoms with Crippen LogP contribution in [0.5, 0.6) is 0 Å². The fourth-order valence-corrected chi connectivity index (χ4v) is 4.15. The number of fused-ring (bicyclic) bond motifs is 1. The molecule has 1 unspecified atom stereocenters. The number of nitrogens with zero attached hydrogens (tertiary/aromatic N) is 1. The molecule has 0 spiro atoms. The Morgan fingerprint density at radius 3 is 2.50 bits per heavy atom. The fraction of sp³-hybridized carbons (Fsp3) is 0.304. The second-order valence-corrected chi connectivity index (χ2v) is 8.91. The van der Waals surface area contributed by atoms with Crippen molar-refractivity contribution in [3.8, 4) is 0 Å². The van der Waals surface area contributed by atoms with Crippen molar-refractivity contribution in [2.75, 3.05) is 4.90 Å². The molecule has 0 N–H and O–H groups in total.